The van der Waals surface area contributed by atoms with Gasteiger partial charge in [-0.25, -0.2) is 0 Å². The van der Waals surface area contributed by atoms with E-state index in [9.17, 15) is 0 Å². The molecular weight excluding hydrogens is 226 g/mol. The number of fused-ring (bicyclic) bond motifs is 1. The summed E-state index contributed by atoms with van der Waals surface area (Å²) in [6.07, 6.45) is 4.19. The van der Waals surface area contributed by atoms with Crippen LogP contribution in [0.15, 0.2) is 18.2 Å². The maximum absolute atomic E-state index is 5.96. The number of ether oxygens (including phenoxy) is 2. The minimum atomic E-state index is -0.110. The van der Waals surface area contributed by atoms with Crippen molar-refractivity contribution in [3.8, 4) is 11.5 Å². The molecule has 0 bridgehead atoms. The van der Waals surface area contributed by atoms with Gasteiger partial charge in [0.25, 0.3) is 0 Å². The van der Waals surface area contributed by atoms with Crippen molar-refractivity contribution in [2.45, 2.75) is 45.1 Å². The van der Waals surface area contributed by atoms with Crippen LogP contribution in [0.5, 0.6) is 11.5 Å². The van der Waals surface area contributed by atoms with Gasteiger partial charge < -0.3 is 15.2 Å². The lowest BCUT2D eigenvalue weighted by molar-refractivity contribution is 0.132. The van der Waals surface area contributed by atoms with Gasteiger partial charge in [0.05, 0.1) is 6.61 Å². The van der Waals surface area contributed by atoms with Gasteiger partial charge in [-0.2, -0.15) is 0 Å². The molecule has 3 heteroatoms. The Kier molecular flexibility index (Phi) is 4.12. The molecule has 1 aromatic rings. The van der Waals surface area contributed by atoms with Crippen molar-refractivity contribution < 1.29 is 9.47 Å². The molecule has 1 heterocycles. The van der Waals surface area contributed by atoms with E-state index in [1.807, 2.05) is 12.1 Å². The Morgan fingerprint density at radius 2 is 2.11 bits per heavy atom. The van der Waals surface area contributed by atoms with Crippen LogP contribution in [0, 0.1) is 0 Å². The van der Waals surface area contributed by atoms with E-state index in [2.05, 4.69) is 19.9 Å². The molecule has 0 saturated carbocycles. The van der Waals surface area contributed by atoms with Crippen molar-refractivity contribution in [3.63, 3.8) is 0 Å². The van der Waals surface area contributed by atoms with E-state index in [-0.39, 0.29) is 5.60 Å². The average Bonchev–Trinajstić information content (AvgIpc) is 2.63. The van der Waals surface area contributed by atoms with Crippen LogP contribution in [0.25, 0.3) is 0 Å². The highest BCUT2D eigenvalue weighted by atomic mass is 16.5. The zero-order valence-corrected chi connectivity index (χ0v) is 11.4. The third kappa shape index (κ3) is 3.16. The Morgan fingerprint density at radius 1 is 1.28 bits per heavy atom. The van der Waals surface area contributed by atoms with Crippen LogP contribution in [0.3, 0.4) is 0 Å². The number of hydrogen-bond acceptors (Lipinski definition) is 3. The number of unbranched alkanes of at least 4 members (excludes halogenated alkanes) is 2. The average molecular weight is 249 g/mol. The normalized spacial score (nSPS) is 16.2. The molecule has 0 aromatic heterocycles. The number of para-hydroxylation sites is 1. The van der Waals surface area contributed by atoms with Crippen molar-refractivity contribution in [1.82, 2.24) is 0 Å². The summed E-state index contributed by atoms with van der Waals surface area (Å²) >= 11 is 0. The monoisotopic (exact) mass is 249 g/mol. The molecule has 100 valence electrons. The second kappa shape index (κ2) is 5.61. The molecule has 2 N–H and O–H groups in total. The fourth-order valence-corrected chi connectivity index (χ4v) is 2.31. The summed E-state index contributed by atoms with van der Waals surface area (Å²) in [5.41, 5.74) is 6.60. The van der Waals surface area contributed by atoms with Crippen LogP contribution in [0.4, 0.5) is 0 Å². The van der Waals surface area contributed by atoms with Crippen molar-refractivity contribution in [2.75, 3.05) is 13.2 Å². The zero-order chi connectivity index (χ0) is 13.0. The summed E-state index contributed by atoms with van der Waals surface area (Å²) in [4.78, 5) is 0. The van der Waals surface area contributed by atoms with Crippen LogP contribution >= 0.6 is 0 Å². The second-order valence-corrected chi connectivity index (χ2v) is 5.48. The lowest BCUT2D eigenvalue weighted by Gasteiger charge is -2.18. The van der Waals surface area contributed by atoms with Crippen molar-refractivity contribution in [2.24, 2.45) is 5.73 Å². The standard InChI is InChI=1S/C15H23NO2/c1-15(2)11-12-7-6-8-13(14(12)18-15)17-10-5-3-4-9-16/h6-8H,3-5,9-11,16H2,1-2H3. The van der Waals surface area contributed by atoms with E-state index in [4.69, 9.17) is 15.2 Å². The lowest BCUT2D eigenvalue weighted by Crippen LogP contribution is -2.24. The van der Waals surface area contributed by atoms with E-state index < -0.39 is 0 Å². The largest absolute Gasteiger partial charge is 0.490 e. The minimum Gasteiger partial charge on any atom is -0.490 e. The Balaban J connectivity index is 1.93. The Morgan fingerprint density at radius 3 is 2.89 bits per heavy atom. The van der Waals surface area contributed by atoms with Crippen molar-refractivity contribution in [3.05, 3.63) is 23.8 Å². The van der Waals surface area contributed by atoms with E-state index in [1.165, 1.54) is 5.56 Å². The first-order valence-corrected chi connectivity index (χ1v) is 6.76. The van der Waals surface area contributed by atoms with E-state index in [0.717, 1.165) is 50.3 Å². The molecule has 2 rings (SSSR count). The second-order valence-electron chi connectivity index (χ2n) is 5.48. The van der Waals surface area contributed by atoms with Crippen LogP contribution in [0.1, 0.15) is 38.7 Å². The lowest BCUT2D eigenvalue weighted by atomic mass is 10.0. The molecule has 0 fully saturated rings. The maximum Gasteiger partial charge on any atom is 0.165 e. The van der Waals surface area contributed by atoms with E-state index in [0.29, 0.717) is 0 Å². The number of rotatable bonds is 6. The summed E-state index contributed by atoms with van der Waals surface area (Å²) in [7, 11) is 0. The first-order valence-electron chi connectivity index (χ1n) is 6.76. The topological polar surface area (TPSA) is 44.5 Å². The molecule has 18 heavy (non-hydrogen) atoms. The van der Waals surface area contributed by atoms with Gasteiger partial charge in [0, 0.05) is 12.0 Å². The molecule has 3 nitrogen and oxygen atoms in total. The van der Waals surface area contributed by atoms with Gasteiger partial charge in [-0.1, -0.05) is 12.1 Å². The fourth-order valence-electron chi connectivity index (χ4n) is 2.31. The molecule has 0 saturated heterocycles. The molecule has 0 radical (unpaired) electrons. The van der Waals surface area contributed by atoms with Crippen LogP contribution < -0.4 is 15.2 Å². The SMILES string of the molecule is CC1(C)Cc2cccc(OCCCCCN)c2O1. The van der Waals surface area contributed by atoms with E-state index >= 15 is 0 Å². The fraction of sp³-hybridized carbons (Fsp3) is 0.600. The van der Waals surface area contributed by atoms with Gasteiger partial charge >= 0.3 is 0 Å². The molecule has 0 unspecified atom stereocenters. The smallest absolute Gasteiger partial charge is 0.165 e. The van der Waals surface area contributed by atoms with Crippen LogP contribution in [0.2, 0.25) is 0 Å². The van der Waals surface area contributed by atoms with Gasteiger partial charge in [0.2, 0.25) is 0 Å². The van der Waals surface area contributed by atoms with E-state index in [1.54, 1.807) is 0 Å². The van der Waals surface area contributed by atoms with Crippen LogP contribution in [-0.4, -0.2) is 18.8 Å². The Hall–Kier alpha value is -1.22. The first-order chi connectivity index (χ1) is 8.62. The maximum atomic E-state index is 5.96. The highest BCUT2D eigenvalue weighted by molar-refractivity contribution is 5.50. The van der Waals surface area contributed by atoms with Gasteiger partial charge in [0.15, 0.2) is 11.5 Å². The summed E-state index contributed by atoms with van der Waals surface area (Å²) in [5, 5.41) is 0. The van der Waals surface area contributed by atoms with Gasteiger partial charge in [-0.3, -0.25) is 0 Å². The summed E-state index contributed by atoms with van der Waals surface area (Å²) in [6.45, 7) is 5.72. The Labute approximate surface area is 109 Å². The molecule has 0 atom stereocenters. The van der Waals surface area contributed by atoms with Crippen molar-refractivity contribution >= 4 is 0 Å². The zero-order valence-electron chi connectivity index (χ0n) is 11.4. The number of hydrogen-bond donors (Lipinski definition) is 1. The van der Waals surface area contributed by atoms with Gasteiger partial charge in [0.1, 0.15) is 5.60 Å². The molecule has 1 aliphatic heterocycles. The predicted molar refractivity (Wildman–Crippen MR) is 73.3 cm³/mol. The molecule has 1 aromatic carbocycles. The third-order valence-corrected chi connectivity index (χ3v) is 3.16. The third-order valence-electron chi connectivity index (χ3n) is 3.16. The number of nitrogens with two attached hydrogens (primary N) is 1. The quantitative estimate of drug-likeness (QED) is 0.788. The molecular formula is C15H23NO2. The molecule has 1 aliphatic rings. The van der Waals surface area contributed by atoms with Gasteiger partial charge in [-0.15, -0.1) is 0 Å². The molecule has 0 amide bonds. The minimum absolute atomic E-state index is 0.110. The molecule has 0 spiro atoms. The van der Waals surface area contributed by atoms with Gasteiger partial charge in [-0.05, 0) is 45.7 Å². The summed E-state index contributed by atoms with van der Waals surface area (Å²) in [6, 6.07) is 6.15. The predicted octanol–water partition coefficient (Wildman–Crippen LogP) is 2.91. The summed E-state index contributed by atoms with van der Waals surface area (Å²) < 4.78 is 11.8. The van der Waals surface area contributed by atoms with Crippen molar-refractivity contribution in [1.29, 1.82) is 0 Å². The first kappa shape index (κ1) is 13.2. The highest BCUT2D eigenvalue weighted by Crippen LogP contribution is 2.41. The Bertz CT molecular complexity index is 401. The van der Waals surface area contributed by atoms with Crippen LogP contribution in [-0.2, 0) is 6.42 Å². The summed E-state index contributed by atoms with van der Waals surface area (Å²) in [5.74, 6) is 1.81. The molecule has 0 aliphatic carbocycles. The number of benzene rings is 1. The highest BCUT2D eigenvalue weighted by Gasteiger charge is 2.32.